The Morgan fingerprint density at radius 2 is 2.00 bits per heavy atom. The molecule has 1 aliphatic heterocycles. The summed E-state index contributed by atoms with van der Waals surface area (Å²) in [6.07, 6.45) is 0.521. The van der Waals surface area contributed by atoms with Crippen molar-refractivity contribution in [3.63, 3.8) is 0 Å². The Balaban J connectivity index is 1.66. The number of hydrogen-bond donors (Lipinski definition) is 0. The number of furan rings is 1. The van der Waals surface area contributed by atoms with Crippen molar-refractivity contribution in [2.75, 3.05) is 20.6 Å². The lowest BCUT2D eigenvalue weighted by molar-refractivity contribution is 0.0694. The van der Waals surface area contributed by atoms with Crippen LogP contribution in [0.3, 0.4) is 0 Å². The summed E-state index contributed by atoms with van der Waals surface area (Å²) in [5.74, 6) is 0.596. The number of nitrogens with zero attached hydrogens (tertiary/aromatic N) is 3. The second kappa shape index (κ2) is 6.26. The zero-order valence-corrected chi connectivity index (χ0v) is 15.8. The van der Waals surface area contributed by atoms with Crippen LogP contribution in [0.15, 0.2) is 27.1 Å². The number of hydrogen-bond acceptors (Lipinski definition) is 5. The molecule has 0 saturated heterocycles. The van der Waals surface area contributed by atoms with Crippen molar-refractivity contribution in [3.8, 4) is 0 Å². The molecule has 0 radical (unpaired) electrons. The van der Waals surface area contributed by atoms with Crippen LogP contribution in [-0.4, -0.2) is 47.4 Å². The average molecular weight is 367 g/mol. The van der Waals surface area contributed by atoms with Gasteiger partial charge < -0.3 is 18.7 Å². The lowest BCUT2D eigenvalue weighted by Crippen LogP contribution is -2.36. The third-order valence-electron chi connectivity index (χ3n) is 5.01. The van der Waals surface area contributed by atoms with E-state index in [0.29, 0.717) is 35.6 Å². The molecule has 0 atom stereocenters. The number of carbonyl (C=O) groups excluding carboxylic acids is 2. The van der Waals surface area contributed by atoms with Gasteiger partial charge in [-0.2, -0.15) is 0 Å². The Bertz CT molecular complexity index is 1060. The largest absolute Gasteiger partial charge is 0.451 e. The highest BCUT2D eigenvalue weighted by Crippen LogP contribution is 2.29. The summed E-state index contributed by atoms with van der Waals surface area (Å²) in [7, 11) is 3.32. The highest BCUT2D eigenvalue weighted by atomic mass is 16.5. The standard InChI is InChI=1S/C20H21N3O4/c1-11-5-6-13-12(2)18(26-16(13)9-11)20(25)23-8-7-15-14(10-23)17(21-27-15)19(24)22(3)4/h5-6,9H,7-8,10H2,1-4H3. The molecule has 0 bridgehead atoms. The van der Waals surface area contributed by atoms with E-state index in [9.17, 15) is 9.59 Å². The number of amides is 2. The summed E-state index contributed by atoms with van der Waals surface area (Å²) in [6.45, 7) is 4.65. The second-order valence-corrected chi connectivity index (χ2v) is 7.16. The van der Waals surface area contributed by atoms with Gasteiger partial charge in [0.05, 0.1) is 6.54 Å². The molecule has 140 valence electrons. The predicted octanol–water partition coefficient (Wildman–Crippen LogP) is 2.94. The summed E-state index contributed by atoms with van der Waals surface area (Å²) in [5.41, 5.74) is 3.56. The lowest BCUT2D eigenvalue weighted by atomic mass is 10.0. The van der Waals surface area contributed by atoms with E-state index in [1.165, 1.54) is 4.90 Å². The Morgan fingerprint density at radius 3 is 2.74 bits per heavy atom. The summed E-state index contributed by atoms with van der Waals surface area (Å²) < 4.78 is 11.2. The summed E-state index contributed by atoms with van der Waals surface area (Å²) in [6, 6.07) is 5.91. The molecule has 3 aromatic rings. The molecule has 4 rings (SSSR count). The van der Waals surface area contributed by atoms with E-state index in [4.69, 9.17) is 8.94 Å². The first kappa shape index (κ1) is 17.3. The molecule has 27 heavy (non-hydrogen) atoms. The minimum atomic E-state index is -0.232. The van der Waals surface area contributed by atoms with Gasteiger partial charge in [0.2, 0.25) is 0 Å². The second-order valence-electron chi connectivity index (χ2n) is 7.16. The molecule has 7 nitrogen and oxygen atoms in total. The maximum atomic E-state index is 13.1. The monoisotopic (exact) mass is 367 g/mol. The van der Waals surface area contributed by atoms with Gasteiger partial charge in [-0.25, -0.2) is 0 Å². The van der Waals surface area contributed by atoms with E-state index in [0.717, 1.165) is 16.5 Å². The van der Waals surface area contributed by atoms with Crippen molar-refractivity contribution in [2.24, 2.45) is 0 Å². The van der Waals surface area contributed by atoms with Crippen molar-refractivity contribution in [2.45, 2.75) is 26.8 Å². The number of fused-ring (bicyclic) bond motifs is 2. The SMILES string of the molecule is Cc1ccc2c(C)c(C(=O)N3CCc4onc(C(=O)N(C)C)c4C3)oc2c1. The molecule has 0 N–H and O–H groups in total. The van der Waals surface area contributed by atoms with Gasteiger partial charge in [-0.3, -0.25) is 9.59 Å². The van der Waals surface area contributed by atoms with E-state index in [1.807, 2.05) is 32.0 Å². The first-order valence-corrected chi connectivity index (χ1v) is 8.85. The third kappa shape index (κ3) is 2.79. The molecule has 7 heteroatoms. The van der Waals surface area contributed by atoms with Gasteiger partial charge in [-0.1, -0.05) is 17.3 Å². The van der Waals surface area contributed by atoms with Crippen molar-refractivity contribution < 1.29 is 18.5 Å². The van der Waals surface area contributed by atoms with Crippen molar-refractivity contribution in [1.29, 1.82) is 0 Å². The first-order chi connectivity index (χ1) is 12.9. The lowest BCUT2D eigenvalue weighted by Gasteiger charge is -2.25. The Kier molecular flexibility index (Phi) is 4.02. The fourth-order valence-electron chi connectivity index (χ4n) is 3.44. The van der Waals surface area contributed by atoms with Crippen LogP contribution in [0.2, 0.25) is 0 Å². The van der Waals surface area contributed by atoms with E-state index < -0.39 is 0 Å². The zero-order chi connectivity index (χ0) is 19.3. The number of carbonyl (C=O) groups is 2. The quantitative estimate of drug-likeness (QED) is 0.696. The van der Waals surface area contributed by atoms with Gasteiger partial charge in [-0.05, 0) is 25.5 Å². The van der Waals surface area contributed by atoms with Crippen LogP contribution < -0.4 is 0 Å². The Morgan fingerprint density at radius 1 is 1.22 bits per heavy atom. The molecule has 0 spiro atoms. The fraction of sp³-hybridized carbons (Fsp3) is 0.350. The Hall–Kier alpha value is -3.09. The molecule has 0 fully saturated rings. The van der Waals surface area contributed by atoms with Crippen LogP contribution in [0.1, 0.15) is 43.5 Å². The van der Waals surface area contributed by atoms with Crippen LogP contribution in [0.5, 0.6) is 0 Å². The minimum Gasteiger partial charge on any atom is -0.451 e. The number of rotatable bonds is 2. The van der Waals surface area contributed by atoms with Gasteiger partial charge in [0.15, 0.2) is 11.5 Å². The van der Waals surface area contributed by atoms with E-state index in [-0.39, 0.29) is 24.1 Å². The average Bonchev–Trinajstić information content (AvgIpc) is 3.20. The molecular formula is C20H21N3O4. The smallest absolute Gasteiger partial charge is 0.290 e. The summed E-state index contributed by atoms with van der Waals surface area (Å²) in [5, 5.41) is 4.86. The van der Waals surface area contributed by atoms with E-state index in [2.05, 4.69) is 5.16 Å². The Labute approximate surface area is 156 Å². The summed E-state index contributed by atoms with van der Waals surface area (Å²) >= 11 is 0. The normalized spacial score (nSPS) is 13.7. The molecule has 3 heterocycles. The van der Waals surface area contributed by atoms with Crippen molar-refractivity contribution >= 4 is 22.8 Å². The van der Waals surface area contributed by atoms with Gasteiger partial charge in [-0.15, -0.1) is 0 Å². The zero-order valence-electron chi connectivity index (χ0n) is 15.8. The van der Waals surface area contributed by atoms with Crippen LogP contribution in [-0.2, 0) is 13.0 Å². The van der Waals surface area contributed by atoms with Crippen LogP contribution in [0.25, 0.3) is 11.0 Å². The molecule has 0 saturated carbocycles. The third-order valence-corrected chi connectivity index (χ3v) is 5.01. The van der Waals surface area contributed by atoms with E-state index >= 15 is 0 Å². The van der Waals surface area contributed by atoms with Crippen molar-refractivity contribution in [1.82, 2.24) is 15.0 Å². The van der Waals surface area contributed by atoms with Gasteiger partial charge in [0.1, 0.15) is 11.3 Å². The number of benzene rings is 1. The molecule has 1 aromatic carbocycles. The molecule has 1 aliphatic rings. The van der Waals surface area contributed by atoms with Crippen LogP contribution >= 0.6 is 0 Å². The highest BCUT2D eigenvalue weighted by Gasteiger charge is 2.32. The maximum Gasteiger partial charge on any atom is 0.290 e. The van der Waals surface area contributed by atoms with Crippen LogP contribution in [0.4, 0.5) is 0 Å². The molecule has 2 aromatic heterocycles. The summed E-state index contributed by atoms with van der Waals surface area (Å²) in [4.78, 5) is 28.5. The first-order valence-electron chi connectivity index (χ1n) is 8.85. The molecule has 0 aliphatic carbocycles. The molecule has 2 amide bonds. The predicted molar refractivity (Wildman–Crippen MR) is 98.7 cm³/mol. The highest BCUT2D eigenvalue weighted by molar-refractivity contribution is 5.99. The topological polar surface area (TPSA) is 79.8 Å². The van der Waals surface area contributed by atoms with Gasteiger partial charge in [0, 0.05) is 43.6 Å². The van der Waals surface area contributed by atoms with Gasteiger partial charge >= 0.3 is 0 Å². The number of aryl methyl sites for hydroxylation is 2. The maximum absolute atomic E-state index is 13.1. The fourth-order valence-corrected chi connectivity index (χ4v) is 3.44. The van der Waals surface area contributed by atoms with Gasteiger partial charge in [0.25, 0.3) is 11.8 Å². The minimum absolute atomic E-state index is 0.184. The van der Waals surface area contributed by atoms with E-state index in [1.54, 1.807) is 19.0 Å². The molecule has 0 unspecified atom stereocenters. The van der Waals surface area contributed by atoms with Crippen LogP contribution in [0, 0.1) is 13.8 Å². The number of aromatic nitrogens is 1. The molecular weight excluding hydrogens is 346 g/mol. The van der Waals surface area contributed by atoms with Crippen molar-refractivity contribution in [3.05, 3.63) is 52.1 Å².